The summed E-state index contributed by atoms with van der Waals surface area (Å²) in [5.41, 5.74) is 4.62. The number of amides is 1. The van der Waals surface area contributed by atoms with Gasteiger partial charge in [-0.15, -0.1) is 11.3 Å². The number of nitrogens with zero attached hydrogens (tertiary/aromatic N) is 2. The van der Waals surface area contributed by atoms with Gasteiger partial charge in [0, 0.05) is 17.6 Å². The summed E-state index contributed by atoms with van der Waals surface area (Å²) in [6.07, 6.45) is 3.61. The molecular formula is C21H20N4OS. The maximum absolute atomic E-state index is 12.9. The second-order valence-corrected chi connectivity index (χ2v) is 7.38. The molecule has 1 amide bonds. The third-order valence-corrected chi connectivity index (χ3v) is 5.47. The molecule has 0 saturated carbocycles. The molecule has 0 aliphatic heterocycles. The molecule has 0 aliphatic rings. The lowest BCUT2D eigenvalue weighted by molar-refractivity contribution is 0.0955. The molecule has 2 N–H and O–H groups in total. The van der Waals surface area contributed by atoms with Crippen molar-refractivity contribution in [2.75, 3.05) is 6.54 Å². The Kier molecular flexibility index (Phi) is 4.98. The Morgan fingerprint density at radius 1 is 1.22 bits per heavy atom. The first-order chi connectivity index (χ1) is 13.2. The molecule has 3 aromatic heterocycles. The molecule has 1 aromatic carbocycles. The minimum absolute atomic E-state index is 0.0599. The molecule has 0 spiro atoms. The third kappa shape index (κ3) is 3.75. The van der Waals surface area contributed by atoms with Crippen molar-refractivity contribution in [2.24, 2.45) is 0 Å². The van der Waals surface area contributed by atoms with Crippen LogP contribution < -0.4 is 5.32 Å². The summed E-state index contributed by atoms with van der Waals surface area (Å²) in [6, 6.07) is 13.7. The van der Waals surface area contributed by atoms with Gasteiger partial charge in [-0.25, -0.2) is 4.98 Å². The smallest absolute Gasteiger partial charge is 0.252 e. The van der Waals surface area contributed by atoms with Gasteiger partial charge in [-0.05, 0) is 48.9 Å². The molecule has 4 rings (SSSR count). The highest BCUT2D eigenvalue weighted by Crippen LogP contribution is 2.27. The topological polar surface area (TPSA) is 70.7 Å². The molecule has 0 radical (unpaired) electrons. The molecule has 0 bridgehead atoms. The number of fused-ring (bicyclic) bond motifs is 1. The summed E-state index contributed by atoms with van der Waals surface area (Å²) in [7, 11) is 0. The molecule has 6 heteroatoms. The van der Waals surface area contributed by atoms with Crippen LogP contribution >= 0.6 is 11.3 Å². The van der Waals surface area contributed by atoms with E-state index in [1.807, 2.05) is 61.0 Å². The van der Waals surface area contributed by atoms with Crippen LogP contribution in [0.25, 0.3) is 21.5 Å². The average molecular weight is 376 g/mol. The van der Waals surface area contributed by atoms with Gasteiger partial charge in [0.25, 0.3) is 5.91 Å². The van der Waals surface area contributed by atoms with Gasteiger partial charge in [-0.1, -0.05) is 24.3 Å². The van der Waals surface area contributed by atoms with Crippen molar-refractivity contribution in [1.29, 1.82) is 0 Å². The van der Waals surface area contributed by atoms with E-state index in [4.69, 9.17) is 4.98 Å². The number of thiophene rings is 1. The first-order valence-electron chi connectivity index (χ1n) is 8.93. The van der Waals surface area contributed by atoms with Crippen LogP contribution in [0, 0.1) is 6.92 Å². The van der Waals surface area contributed by atoms with E-state index in [9.17, 15) is 4.79 Å². The first kappa shape index (κ1) is 17.4. The lowest BCUT2D eigenvalue weighted by Crippen LogP contribution is -2.25. The largest absolute Gasteiger partial charge is 0.352 e. The number of benzene rings is 1. The van der Waals surface area contributed by atoms with E-state index in [-0.39, 0.29) is 5.91 Å². The number of carbonyl (C=O) groups excluding carboxylic acids is 1. The highest BCUT2D eigenvalue weighted by atomic mass is 32.1. The van der Waals surface area contributed by atoms with Gasteiger partial charge >= 0.3 is 0 Å². The Balaban J connectivity index is 1.53. The second-order valence-electron chi connectivity index (χ2n) is 6.43. The van der Waals surface area contributed by atoms with Crippen molar-refractivity contribution in [1.82, 2.24) is 20.5 Å². The van der Waals surface area contributed by atoms with Crippen molar-refractivity contribution in [3.05, 3.63) is 70.9 Å². The average Bonchev–Trinajstić information content (AvgIpc) is 3.36. The Bertz CT molecular complexity index is 1070. The van der Waals surface area contributed by atoms with Crippen LogP contribution in [0.3, 0.4) is 0 Å². The maximum atomic E-state index is 12.9. The number of aryl methyl sites for hydroxylation is 2. The van der Waals surface area contributed by atoms with Crippen molar-refractivity contribution < 1.29 is 4.79 Å². The number of aromatic nitrogens is 3. The quantitative estimate of drug-likeness (QED) is 0.491. The number of H-pyrrole nitrogens is 1. The van der Waals surface area contributed by atoms with E-state index in [1.165, 1.54) is 5.56 Å². The summed E-state index contributed by atoms with van der Waals surface area (Å²) in [6.45, 7) is 2.63. The van der Waals surface area contributed by atoms with Crippen molar-refractivity contribution in [2.45, 2.75) is 19.8 Å². The molecule has 0 aliphatic carbocycles. The maximum Gasteiger partial charge on any atom is 0.252 e. The van der Waals surface area contributed by atoms with E-state index >= 15 is 0 Å². The zero-order valence-electron chi connectivity index (χ0n) is 15.0. The Hall–Kier alpha value is -2.99. The van der Waals surface area contributed by atoms with E-state index in [0.29, 0.717) is 12.1 Å². The molecule has 3 heterocycles. The van der Waals surface area contributed by atoms with E-state index in [2.05, 4.69) is 15.5 Å². The summed E-state index contributed by atoms with van der Waals surface area (Å²) >= 11 is 1.62. The van der Waals surface area contributed by atoms with Gasteiger partial charge in [-0.3, -0.25) is 9.89 Å². The monoisotopic (exact) mass is 376 g/mol. The van der Waals surface area contributed by atoms with Crippen molar-refractivity contribution in [3.63, 3.8) is 0 Å². The van der Waals surface area contributed by atoms with Gasteiger partial charge in [0.1, 0.15) is 0 Å². The van der Waals surface area contributed by atoms with Crippen LogP contribution in [0.5, 0.6) is 0 Å². The van der Waals surface area contributed by atoms with Crippen molar-refractivity contribution >= 4 is 28.1 Å². The Labute approximate surface area is 161 Å². The summed E-state index contributed by atoms with van der Waals surface area (Å²) in [5, 5.41) is 12.9. The van der Waals surface area contributed by atoms with Crippen molar-refractivity contribution in [3.8, 4) is 10.6 Å². The highest BCUT2D eigenvalue weighted by Gasteiger charge is 2.14. The zero-order valence-corrected chi connectivity index (χ0v) is 15.8. The van der Waals surface area contributed by atoms with E-state index in [0.717, 1.165) is 40.0 Å². The molecule has 136 valence electrons. The lowest BCUT2D eigenvalue weighted by Gasteiger charge is -2.10. The van der Waals surface area contributed by atoms with Crippen LogP contribution in [0.15, 0.2) is 54.0 Å². The molecule has 5 nitrogen and oxygen atoms in total. The van der Waals surface area contributed by atoms with Crippen LogP contribution in [-0.4, -0.2) is 27.6 Å². The molecule has 0 atom stereocenters. The Morgan fingerprint density at radius 2 is 2.11 bits per heavy atom. The SMILES string of the molecule is Cc1[nH]ncc1CCCNC(=O)c1cc(-c2cccs2)nc2ccccc12. The van der Waals surface area contributed by atoms with Gasteiger partial charge in [-0.2, -0.15) is 5.10 Å². The highest BCUT2D eigenvalue weighted by molar-refractivity contribution is 7.13. The predicted octanol–water partition coefficient (Wildman–Crippen LogP) is 4.36. The summed E-state index contributed by atoms with van der Waals surface area (Å²) in [5.74, 6) is -0.0599. The Morgan fingerprint density at radius 3 is 2.89 bits per heavy atom. The van der Waals surface area contributed by atoms with Crippen LogP contribution in [0.1, 0.15) is 28.0 Å². The van der Waals surface area contributed by atoms with E-state index in [1.54, 1.807) is 11.3 Å². The number of aromatic amines is 1. The number of hydrogen-bond acceptors (Lipinski definition) is 4. The molecule has 0 fully saturated rings. The normalized spacial score (nSPS) is 11.0. The van der Waals surface area contributed by atoms with Gasteiger partial charge < -0.3 is 5.32 Å². The zero-order chi connectivity index (χ0) is 18.6. The second kappa shape index (κ2) is 7.72. The molecule has 4 aromatic rings. The van der Waals surface area contributed by atoms with Gasteiger partial charge in [0.15, 0.2) is 0 Å². The van der Waals surface area contributed by atoms with Crippen LogP contribution in [0.2, 0.25) is 0 Å². The number of para-hydroxylation sites is 1. The minimum Gasteiger partial charge on any atom is -0.352 e. The number of rotatable bonds is 6. The number of pyridine rings is 1. The predicted molar refractivity (Wildman–Crippen MR) is 109 cm³/mol. The first-order valence-corrected chi connectivity index (χ1v) is 9.81. The van der Waals surface area contributed by atoms with Gasteiger partial charge in [0.2, 0.25) is 0 Å². The fourth-order valence-corrected chi connectivity index (χ4v) is 3.80. The summed E-state index contributed by atoms with van der Waals surface area (Å²) < 4.78 is 0. The molecule has 0 unspecified atom stereocenters. The van der Waals surface area contributed by atoms with Crippen LogP contribution in [0.4, 0.5) is 0 Å². The number of carbonyl (C=O) groups is 1. The molecular weight excluding hydrogens is 356 g/mol. The van der Waals surface area contributed by atoms with Crippen LogP contribution in [-0.2, 0) is 6.42 Å². The standard InChI is InChI=1S/C21H20N4OS/c1-14-15(13-23-25-14)6-4-10-22-21(26)17-12-19(20-9-5-11-27-20)24-18-8-3-2-7-16(17)18/h2-3,5,7-9,11-13H,4,6,10H2,1H3,(H,22,26)(H,23,25). The fraction of sp³-hybridized carbons (Fsp3) is 0.190. The van der Waals surface area contributed by atoms with E-state index < -0.39 is 0 Å². The third-order valence-electron chi connectivity index (χ3n) is 4.58. The van der Waals surface area contributed by atoms with Gasteiger partial charge in [0.05, 0.1) is 27.8 Å². The molecule has 27 heavy (non-hydrogen) atoms. The lowest BCUT2D eigenvalue weighted by atomic mass is 10.1. The number of nitrogens with one attached hydrogen (secondary N) is 2. The minimum atomic E-state index is -0.0599. The number of hydrogen-bond donors (Lipinski definition) is 2. The summed E-state index contributed by atoms with van der Waals surface area (Å²) in [4.78, 5) is 18.6. The fourth-order valence-electron chi connectivity index (χ4n) is 3.12. The molecule has 0 saturated heterocycles.